The summed E-state index contributed by atoms with van der Waals surface area (Å²) in [6.07, 6.45) is 3.18. The van der Waals surface area contributed by atoms with E-state index in [0.29, 0.717) is 64.6 Å². The Labute approximate surface area is 248 Å². The van der Waals surface area contributed by atoms with E-state index in [9.17, 15) is 24.6 Å². The Morgan fingerprint density at radius 1 is 0.905 bits per heavy atom. The summed E-state index contributed by atoms with van der Waals surface area (Å²) in [7, 11) is 0. The van der Waals surface area contributed by atoms with Crippen molar-refractivity contribution in [3.05, 3.63) is 0 Å². The molecule has 5 saturated heterocycles. The Hall–Kier alpha value is -1.83. The highest BCUT2D eigenvalue weighted by Gasteiger charge is 2.47. The van der Waals surface area contributed by atoms with Crippen LogP contribution in [-0.4, -0.2) is 144 Å². The first kappa shape index (κ1) is 30.2. The first-order valence-corrected chi connectivity index (χ1v) is 16.2. The minimum absolute atomic E-state index is 0.0600. The van der Waals surface area contributed by atoms with E-state index in [1.165, 1.54) is 32.1 Å². The molecule has 42 heavy (non-hydrogen) atoms. The van der Waals surface area contributed by atoms with Crippen LogP contribution in [0.25, 0.3) is 0 Å². The van der Waals surface area contributed by atoms with Gasteiger partial charge in [0.15, 0.2) is 0 Å². The van der Waals surface area contributed by atoms with Crippen LogP contribution >= 0.6 is 0 Å². The standard InChI is InChI=1S/C30H48N4O8/c35-26-13-24-27(36)28(37)25(42-24)18-34(29(38)20-6-9-40-10-7-20)17-22-16-32(8-11-41-22)30(39)23-12-21(31-26)15-33(23)14-19-4-2-1-3-5-19/h19-25,27-28,36-37H,1-18H2,(H,31,35)/t21-,22-,23-,24-,25+,27-,28+/m0/s1. The van der Waals surface area contributed by atoms with Gasteiger partial charge in [0.05, 0.1) is 31.3 Å². The lowest BCUT2D eigenvalue weighted by atomic mass is 9.89. The lowest BCUT2D eigenvalue weighted by Crippen LogP contribution is -2.56. The van der Waals surface area contributed by atoms with Crippen LogP contribution in [-0.2, 0) is 28.6 Å². The van der Waals surface area contributed by atoms with E-state index in [4.69, 9.17) is 14.2 Å². The van der Waals surface area contributed by atoms with Gasteiger partial charge in [-0.3, -0.25) is 19.3 Å². The molecule has 0 aromatic rings. The van der Waals surface area contributed by atoms with E-state index in [1.54, 1.807) is 4.90 Å². The molecule has 12 nitrogen and oxygen atoms in total. The van der Waals surface area contributed by atoms with E-state index < -0.39 is 24.4 Å². The van der Waals surface area contributed by atoms with Gasteiger partial charge in [-0.2, -0.15) is 0 Å². The summed E-state index contributed by atoms with van der Waals surface area (Å²) in [6.45, 7) is 4.08. The fourth-order valence-corrected chi connectivity index (χ4v) is 7.94. The highest BCUT2D eigenvalue weighted by atomic mass is 16.5. The summed E-state index contributed by atoms with van der Waals surface area (Å²) >= 11 is 0. The zero-order chi connectivity index (χ0) is 29.2. The Balaban J connectivity index is 1.24. The molecule has 236 valence electrons. The van der Waals surface area contributed by atoms with Gasteiger partial charge in [0.25, 0.3) is 0 Å². The van der Waals surface area contributed by atoms with Gasteiger partial charge in [-0.05, 0) is 38.0 Å². The van der Waals surface area contributed by atoms with Gasteiger partial charge < -0.3 is 39.5 Å². The number of morpholine rings is 1. The van der Waals surface area contributed by atoms with E-state index in [0.717, 1.165) is 6.54 Å². The molecular formula is C30H48N4O8. The second-order valence-electron chi connectivity index (χ2n) is 13.3. The van der Waals surface area contributed by atoms with Crippen molar-refractivity contribution < 1.29 is 38.8 Å². The lowest BCUT2D eigenvalue weighted by Gasteiger charge is -2.39. The number of hydrogen-bond donors (Lipinski definition) is 3. The largest absolute Gasteiger partial charge is 0.388 e. The van der Waals surface area contributed by atoms with E-state index in [2.05, 4.69) is 10.2 Å². The molecule has 3 amide bonds. The van der Waals surface area contributed by atoms with Gasteiger partial charge in [-0.1, -0.05) is 19.3 Å². The van der Waals surface area contributed by atoms with Crippen molar-refractivity contribution in [3.8, 4) is 0 Å². The predicted octanol–water partition coefficient (Wildman–Crippen LogP) is -0.499. The molecule has 0 aromatic heterocycles. The summed E-state index contributed by atoms with van der Waals surface area (Å²) in [5.74, 6) is 0.0887. The molecule has 0 unspecified atom stereocenters. The van der Waals surface area contributed by atoms with Crippen LogP contribution in [0.4, 0.5) is 0 Å². The van der Waals surface area contributed by atoms with Crippen molar-refractivity contribution >= 4 is 17.7 Å². The number of amides is 3. The van der Waals surface area contributed by atoms with Crippen LogP contribution in [0.3, 0.4) is 0 Å². The van der Waals surface area contributed by atoms with Crippen LogP contribution < -0.4 is 5.32 Å². The Morgan fingerprint density at radius 2 is 1.67 bits per heavy atom. The van der Waals surface area contributed by atoms with Crippen LogP contribution in [0.5, 0.6) is 0 Å². The summed E-state index contributed by atoms with van der Waals surface area (Å²) in [5.41, 5.74) is 0. The minimum atomic E-state index is -1.24. The number of carbonyl (C=O) groups is 3. The Bertz CT molecular complexity index is 973. The Kier molecular flexibility index (Phi) is 9.66. The molecule has 3 N–H and O–H groups in total. The molecule has 12 heteroatoms. The minimum Gasteiger partial charge on any atom is -0.388 e. The molecule has 6 fully saturated rings. The third kappa shape index (κ3) is 6.78. The molecule has 0 spiro atoms. The van der Waals surface area contributed by atoms with Crippen molar-refractivity contribution in [2.45, 2.75) is 100 Å². The normalized spacial score (nSPS) is 38.1. The summed E-state index contributed by atoms with van der Waals surface area (Å²) in [4.78, 5) is 46.7. The number of aliphatic hydroxyl groups excluding tert-OH is 2. The van der Waals surface area contributed by atoms with Crippen LogP contribution in [0, 0.1) is 11.8 Å². The highest BCUT2D eigenvalue weighted by Crippen LogP contribution is 2.30. The van der Waals surface area contributed by atoms with Crippen LogP contribution in [0.15, 0.2) is 0 Å². The molecule has 5 aliphatic heterocycles. The van der Waals surface area contributed by atoms with Crippen molar-refractivity contribution in [1.29, 1.82) is 0 Å². The third-order valence-electron chi connectivity index (χ3n) is 10.3. The molecular weight excluding hydrogens is 544 g/mol. The number of likely N-dealkylation sites (tertiary alicyclic amines) is 1. The number of rotatable bonds is 3. The third-order valence-corrected chi connectivity index (χ3v) is 10.3. The van der Waals surface area contributed by atoms with E-state index in [1.807, 2.05) is 4.90 Å². The molecule has 0 aromatic carbocycles. The van der Waals surface area contributed by atoms with Gasteiger partial charge in [0.2, 0.25) is 17.7 Å². The second-order valence-corrected chi connectivity index (χ2v) is 13.3. The topological polar surface area (TPSA) is 141 Å². The number of nitrogens with one attached hydrogen (secondary N) is 1. The van der Waals surface area contributed by atoms with Gasteiger partial charge >= 0.3 is 0 Å². The lowest BCUT2D eigenvalue weighted by molar-refractivity contribution is -0.150. The van der Waals surface area contributed by atoms with Crippen molar-refractivity contribution in [2.75, 3.05) is 59.1 Å². The summed E-state index contributed by atoms with van der Waals surface area (Å²) in [5, 5.41) is 24.8. The number of carbonyl (C=O) groups excluding carboxylic acids is 3. The molecule has 7 atom stereocenters. The predicted molar refractivity (Wildman–Crippen MR) is 150 cm³/mol. The van der Waals surface area contributed by atoms with Crippen LogP contribution in [0.1, 0.15) is 57.8 Å². The van der Waals surface area contributed by atoms with Crippen molar-refractivity contribution in [1.82, 2.24) is 20.0 Å². The van der Waals surface area contributed by atoms with Gasteiger partial charge in [-0.15, -0.1) is 0 Å². The van der Waals surface area contributed by atoms with Crippen molar-refractivity contribution in [2.24, 2.45) is 11.8 Å². The smallest absolute Gasteiger partial charge is 0.240 e. The number of nitrogens with zero attached hydrogens (tertiary/aromatic N) is 3. The maximum absolute atomic E-state index is 14.0. The summed E-state index contributed by atoms with van der Waals surface area (Å²) < 4.78 is 17.6. The number of fused-ring (bicyclic) bond motifs is 6. The number of aliphatic hydroxyl groups is 2. The zero-order valence-corrected chi connectivity index (χ0v) is 24.6. The monoisotopic (exact) mass is 592 g/mol. The quantitative estimate of drug-likeness (QED) is 0.396. The van der Waals surface area contributed by atoms with Crippen LogP contribution in [0.2, 0.25) is 0 Å². The number of ether oxygens (including phenoxy) is 3. The average molecular weight is 593 g/mol. The molecule has 6 aliphatic rings. The SMILES string of the molecule is O=C1C[C@@H]2O[C@H](CN(C(=O)C3CCOCC3)C[C@@H]3CN(CCO3)C(=O)[C@@H]3C[C@@H](CN3CC3CCCCC3)N1)[C@@H](O)[C@H]2O. The first-order valence-electron chi connectivity index (χ1n) is 16.2. The maximum Gasteiger partial charge on any atom is 0.240 e. The molecule has 5 heterocycles. The van der Waals surface area contributed by atoms with E-state index in [-0.39, 0.29) is 61.3 Å². The fraction of sp³-hybridized carbons (Fsp3) is 0.900. The summed E-state index contributed by atoms with van der Waals surface area (Å²) in [6, 6.07) is -0.491. The molecule has 0 radical (unpaired) electrons. The molecule has 6 bridgehead atoms. The van der Waals surface area contributed by atoms with Crippen molar-refractivity contribution in [3.63, 3.8) is 0 Å². The van der Waals surface area contributed by atoms with Gasteiger partial charge in [-0.25, -0.2) is 0 Å². The Morgan fingerprint density at radius 3 is 2.45 bits per heavy atom. The van der Waals surface area contributed by atoms with Gasteiger partial charge in [0.1, 0.15) is 18.3 Å². The van der Waals surface area contributed by atoms with E-state index >= 15 is 0 Å². The molecule has 1 saturated carbocycles. The average Bonchev–Trinajstić information content (AvgIpc) is 3.51. The number of hydrogen-bond acceptors (Lipinski definition) is 9. The first-order chi connectivity index (χ1) is 20.4. The van der Waals surface area contributed by atoms with Gasteiger partial charge in [0, 0.05) is 64.4 Å². The molecule has 6 rings (SSSR count). The fourth-order valence-electron chi connectivity index (χ4n) is 7.94. The maximum atomic E-state index is 14.0. The zero-order valence-electron chi connectivity index (χ0n) is 24.6. The molecule has 1 aliphatic carbocycles. The second kappa shape index (κ2) is 13.4. The highest BCUT2D eigenvalue weighted by molar-refractivity contribution is 5.83.